The molecule has 0 amide bonds. The van der Waals surface area contributed by atoms with Crippen LogP contribution in [0.1, 0.15) is 17.4 Å². The highest BCUT2D eigenvalue weighted by Crippen LogP contribution is 2.10. The maximum atomic E-state index is 12.3. The number of aromatic nitrogens is 2. The first-order valence-corrected chi connectivity index (χ1v) is 4.69. The van der Waals surface area contributed by atoms with E-state index in [1.165, 1.54) is 0 Å². The van der Waals surface area contributed by atoms with Crippen molar-refractivity contribution in [3.63, 3.8) is 0 Å². The zero-order valence-corrected chi connectivity index (χ0v) is 8.57. The van der Waals surface area contributed by atoms with Gasteiger partial charge in [-0.2, -0.15) is 9.19 Å². The molecule has 0 aliphatic rings. The Kier molecular flexibility index (Phi) is 4.12. The van der Waals surface area contributed by atoms with E-state index in [-0.39, 0.29) is 30.2 Å². The first-order chi connectivity index (χ1) is 7.10. The Morgan fingerprint density at radius 1 is 1.80 bits per heavy atom. The van der Waals surface area contributed by atoms with Crippen molar-refractivity contribution in [3.05, 3.63) is 11.8 Å². The summed E-state index contributed by atoms with van der Waals surface area (Å²) >= 11 is -0.330. The van der Waals surface area contributed by atoms with Gasteiger partial charge in [-0.1, -0.05) is 0 Å². The van der Waals surface area contributed by atoms with Gasteiger partial charge in [-0.05, 0) is 13.0 Å². The molecule has 2 N–H and O–H groups in total. The first kappa shape index (κ1) is 12.0. The lowest BCUT2D eigenvalue weighted by Crippen LogP contribution is -2.31. The van der Waals surface area contributed by atoms with Gasteiger partial charge in [0.05, 0.1) is 12.2 Å². The van der Waals surface area contributed by atoms with Crippen molar-refractivity contribution in [3.8, 4) is 0 Å². The van der Waals surface area contributed by atoms with Crippen LogP contribution < -0.4 is 5.59 Å². The lowest BCUT2D eigenvalue weighted by atomic mass is 9.86. The van der Waals surface area contributed by atoms with E-state index in [0.29, 0.717) is 4.09 Å². The Hall–Kier alpha value is -1.06. The van der Waals surface area contributed by atoms with Gasteiger partial charge in [-0.25, -0.2) is 4.79 Å². The predicted molar refractivity (Wildman–Crippen MR) is 52.1 cm³/mol. The number of nitrogens with zero attached hydrogens (tertiary/aromatic N) is 2. The number of ether oxygens (including phenoxy) is 1. The highest BCUT2D eigenvalue weighted by Gasteiger charge is 2.23. The second kappa shape index (κ2) is 5.15. The maximum Gasteiger partial charge on any atom is 0.510 e. The SMILES string of the molecule is CCOC(=O)c1cc(B(O)O)nn1SF. The minimum atomic E-state index is -1.86. The normalized spacial score (nSPS) is 10.1. The zero-order chi connectivity index (χ0) is 11.4. The quantitative estimate of drug-likeness (QED) is 0.519. The molecule has 0 aromatic carbocycles. The van der Waals surface area contributed by atoms with Crippen LogP contribution in [0.5, 0.6) is 0 Å². The molecule has 0 spiro atoms. The number of carbonyl (C=O) groups excluding carboxylic acids is 1. The highest BCUT2D eigenvalue weighted by atomic mass is 32.2. The number of halogens is 1. The third-order valence-corrected chi connectivity index (χ3v) is 1.92. The molecular formula is C6H8BFN2O4S. The van der Waals surface area contributed by atoms with Gasteiger partial charge < -0.3 is 14.8 Å². The summed E-state index contributed by atoms with van der Waals surface area (Å²) in [5, 5.41) is 21.0. The summed E-state index contributed by atoms with van der Waals surface area (Å²) in [5.74, 6) is -0.776. The topological polar surface area (TPSA) is 84.6 Å². The van der Waals surface area contributed by atoms with Gasteiger partial charge in [-0.3, -0.25) is 0 Å². The molecule has 1 heterocycles. The Balaban J connectivity index is 3.00. The van der Waals surface area contributed by atoms with E-state index in [1.807, 2.05) is 0 Å². The van der Waals surface area contributed by atoms with Crippen LogP contribution in [0, 0.1) is 0 Å². The van der Waals surface area contributed by atoms with Gasteiger partial charge in [-0.15, -0.1) is 3.89 Å². The van der Waals surface area contributed by atoms with Crippen molar-refractivity contribution >= 4 is 31.0 Å². The second-order valence-corrected chi connectivity index (χ2v) is 2.97. The Morgan fingerprint density at radius 3 is 2.93 bits per heavy atom. The average molecular weight is 234 g/mol. The fourth-order valence-electron chi connectivity index (χ4n) is 0.904. The molecule has 6 nitrogen and oxygen atoms in total. The fraction of sp³-hybridized carbons (Fsp3) is 0.333. The molecule has 0 saturated heterocycles. The number of esters is 1. The molecule has 1 aromatic rings. The van der Waals surface area contributed by atoms with Gasteiger partial charge >= 0.3 is 13.1 Å². The Labute approximate surface area is 89.6 Å². The Bertz CT molecular complexity index is 359. The van der Waals surface area contributed by atoms with E-state index in [1.54, 1.807) is 6.92 Å². The van der Waals surface area contributed by atoms with E-state index in [2.05, 4.69) is 9.84 Å². The van der Waals surface area contributed by atoms with Crippen LogP contribution in [-0.2, 0) is 4.74 Å². The molecule has 9 heteroatoms. The van der Waals surface area contributed by atoms with Crippen molar-refractivity contribution in [2.75, 3.05) is 6.61 Å². The van der Waals surface area contributed by atoms with Crippen LogP contribution in [0.15, 0.2) is 6.07 Å². The summed E-state index contributed by atoms with van der Waals surface area (Å²) in [6.45, 7) is 1.74. The van der Waals surface area contributed by atoms with Crippen molar-refractivity contribution in [2.24, 2.45) is 0 Å². The predicted octanol–water partition coefficient (Wildman–Crippen LogP) is -0.880. The van der Waals surface area contributed by atoms with E-state index in [4.69, 9.17) is 10.0 Å². The van der Waals surface area contributed by atoms with E-state index >= 15 is 0 Å². The second-order valence-electron chi connectivity index (χ2n) is 2.49. The molecule has 82 valence electrons. The van der Waals surface area contributed by atoms with Gasteiger partial charge in [0.15, 0.2) is 18.0 Å². The number of carbonyl (C=O) groups is 1. The monoisotopic (exact) mass is 234 g/mol. The van der Waals surface area contributed by atoms with Gasteiger partial charge in [0.2, 0.25) is 0 Å². The lowest BCUT2D eigenvalue weighted by molar-refractivity contribution is 0.0517. The third kappa shape index (κ3) is 2.70. The standard InChI is InChI=1S/C6H8BFN2O4S/c1-2-14-6(11)4-3-5(7(12)13)9-10(4)15-8/h3,12-13H,2H2,1H3. The Morgan fingerprint density at radius 2 is 2.47 bits per heavy atom. The number of hydrogen-bond acceptors (Lipinski definition) is 6. The van der Waals surface area contributed by atoms with Crippen LogP contribution in [0.4, 0.5) is 3.89 Å². The molecule has 0 aliphatic heterocycles. The molecule has 0 aliphatic carbocycles. The minimum Gasteiger partial charge on any atom is -0.461 e. The summed E-state index contributed by atoms with van der Waals surface area (Å²) < 4.78 is 17.5. The van der Waals surface area contributed by atoms with Crippen molar-refractivity contribution in [1.29, 1.82) is 0 Å². The summed E-state index contributed by atoms with van der Waals surface area (Å²) in [6.07, 6.45) is 0. The highest BCUT2D eigenvalue weighted by molar-refractivity contribution is 7.92. The number of hydrogen-bond donors (Lipinski definition) is 2. The van der Waals surface area contributed by atoms with E-state index in [9.17, 15) is 8.68 Å². The van der Waals surface area contributed by atoms with E-state index in [0.717, 1.165) is 6.07 Å². The van der Waals surface area contributed by atoms with Crippen LogP contribution in [-0.4, -0.2) is 38.9 Å². The molecule has 1 rings (SSSR count). The molecule has 0 saturated carbocycles. The smallest absolute Gasteiger partial charge is 0.461 e. The molecule has 1 aromatic heterocycles. The van der Waals surface area contributed by atoms with Crippen LogP contribution in [0.3, 0.4) is 0 Å². The largest absolute Gasteiger partial charge is 0.510 e. The minimum absolute atomic E-state index is 0.137. The van der Waals surface area contributed by atoms with Crippen LogP contribution in [0.25, 0.3) is 0 Å². The summed E-state index contributed by atoms with van der Waals surface area (Å²) in [4.78, 5) is 11.2. The van der Waals surface area contributed by atoms with Gasteiger partial charge in [0.25, 0.3) is 0 Å². The lowest BCUT2D eigenvalue weighted by Gasteiger charge is -2.00. The summed E-state index contributed by atoms with van der Waals surface area (Å²) in [5.41, 5.74) is -0.407. The van der Waals surface area contributed by atoms with Crippen molar-refractivity contribution < 1.29 is 23.5 Å². The molecule has 15 heavy (non-hydrogen) atoms. The van der Waals surface area contributed by atoms with E-state index < -0.39 is 13.1 Å². The first-order valence-electron chi connectivity index (χ1n) is 4.02. The van der Waals surface area contributed by atoms with Crippen molar-refractivity contribution in [2.45, 2.75) is 6.92 Å². The van der Waals surface area contributed by atoms with Crippen LogP contribution in [0.2, 0.25) is 0 Å². The molecule has 0 bridgehead atoms. The van der Waals surface area contributed by atoms with Crippen LogP contribution >= 0.6 is 12.3 Å². The third-order valence-electron chi connectivity index (χ3n) is 1.51. The average Bonchev–Trinajstić information content (AvgIpc) is 2.61. The maximum absolute atomic E-state index is 12.3. The number of rotatable bonds is 4. The molecule has 0 fully saturated rings. The molecule has 0 atom stereocenters. The summed E-state index contributed by atoms with van der Waals surface area (Å²) in [6, 6.07) is 1.05. The molecule has 0 unspecified atom stereocenters. The van der Waals surface area contributed by atoms with Crippen molar-refractivity contribution in [1.82, 2.24) is 9.19 Å². The molecule has 0 radical (unpaired) electrons. The van der Waals surface area contributed by atoms with Gasteiger partial charge in [0.1, 0.15) is 0 Å². The van der Waals surface area contributed by atoms with Gasteiger partial charge in [0, 0.05) is 0 Å². The summed E-state index contributed by atoms with van der Waals surface area (Å²) in [7, 11) is -1.86. The molecular weight excluding hydrogens is 226 g/mol. The zero-order valence-electron chi connectivity index (χ0n) is 7.75. The fourth-order valence-corrected chi connectivity index (χ4v) is 1.23.